The van der Waals surface area contributed by atoms with Crippen LogP contribution in [-0.4, -0.2) is 129 Å². The predicted molar refractivity (Wildman–Crippen MR) is 502 cm³/mol. The van der Waals surface area contributed by atoms with Crippen LogP contribution in [0.4, 0.5) is 35.1 Å². The van der Waals surface area contributed by atoms with Crippen molar-refractivity contribution in [1.29, 1.82) is 0 Å². The Morgan fingerprint density at radius 1 is 0.370 bits per heavy atom. The van der Waals surface area contributed by atoms with Crippen LogP contribution in [0.5, 0.6) is 0 Å². The third-order valence-electron chi connectivity index (χ3n) is 22.6. The van der Waals surface area contributed by atoms with Crippen LogP contribution < -0.4 is 5.32 Å². The number of aromatic nitrogens is 19. The summed E-state index contributed by atoms with van der Waals surface area (Å²) in [4.78, 5) is 93.7. The highest BCUT2D eigenvalue weighted by Crippen LogP contribution is 2.42. The standard InChI is InChI=1S/C30H32FN5O.C18H9ClF2N4.2C18H10ClFN4.C18H9F3N4/c1-19-14-20(8-10-25(19)31)28-24(7-4-12-32-28)21-9-11-27-33-17-26(35(27)18-21)29(37)34-22-15-23-6-5-13-36(23)30(2,3)16-22;19-12-8-11(13(20)9-14(12)21)17-10(2-1-5-23-17)15-3-4-16-18(25-15)24-7-6-22-16;19-11-3-4-14(20)13(10-11)17-12(2-1-7-22-17)15-5-6-16-18(24-15)23-9-8-21-16;19-13-10-11(3-4-14(13)20)17-12(2-1-7-22-17)15-5-6-16-18(24-15)23-9-8-21-16;19-12-9-14(21)13(20)8-11(12)17-10(2-1-5-23-17)15-3-4-16-18(25-15)24-7-6-22-16/h4,7-12,14,17-18,22-23H,5-6,13,15-16H2,1-3H3,(H,34,37);1-9H;2*1-10H;1-9H/t22-,23+;;;;/m1..../s1. The van der Waals surface area contributed by atoms with Crippen LogP contribution in [0.2, 0.25) is 15.1 Å². The maximum absolute atomic E-state index is 14.3. The molecule has 2 fully saturated rings. The maximum Gasteiger partial charge on any atom is 0.270 e. The second kappa shape index (κ2) is 39.3. The van der Waals surface area contributed by atoms with Gasteiger partial charge in [-0.15, -0.1) is 0 Å². The van der Waals surface area contributed by atoms with Crippen LogP contribution in [0, 0.1) is 53.5 Å². The zero-order chi connectivity index (χ0) is 93.5. The smallest absolute Gasteiger partial charge is 0.270 e. The number of benzene rings is 5. The molecule has 666 valence electrons. The normalized spacial score (nSPS) is 13.8. The number of hydrogen-bond donors (Lipinski definition) is 1. The van der Waals surface area contributed by atoms with Crippen LogP contribution in [0.25, 0.3) is 163 Å². The molecule has 2 saturated heterocycles. The summed E-state index contributed by atoms with van der Waals surface area (Å²) in [7, 11) is 0. The monoisotopic (exact) mass is 1860 g/mol. The van der Waals surface area contributed by atoms with Gasteiger partial charge in [-0.1, -0.05) is 40.9 Å². The van der Waals surface area contributed by atoms with Gasteiger partial charge in [-0.25, -0.2) is 80.0 Å². The van der Waals surface area contributed by atoms with E-state index in [0.29, 0.717) is 135 Å². The van der Waals surface area contributed by atoms with Crippen molar-refractivity contribution in [3.05, 3.63) is 366 Å². The number of nitrogens with zero attached hydrogens (tertiary/aromatic N) is 20. The summed E-state index contributed by atoms with van der Waals surface area (Å²) < 4.78 is 112. The number of rotatable bonds is 12. The molecule has 5 aromatic carbocycles. The molecule has 0 bridgehead atoms. The third kappa shape index (κ3) is 19.6. The average Bonchev–Trinajstić information content (AvgIpc) is 1.78. The number of nitrogens with one attached hydrogen (secondary N) is 1. The zero-order valence-corrected chi connectivity index (χ0v) is 73.7. The highest BCUT2D eigenvalue weighted by Gasteiger charge is 2.43. The van der Waals surface area contributed by atoms with Gasteiger partial charge in [0.05, 0.1) is 67.5 Å². The first-order valence-electron chi connectivity index (χ1n) is 42.1. The fraction of sp³-hybridized carbons (Fsp3) is 0.108. The van der Waals surface area contributed by atoms with Crippen molar-refractivity contribution in [2.75, 3.05) is 6.54 Å². The van der Waals surface area contributed by atoms with Crippen LogP contribution in [0.15, 0.2) is 293 Å². The molecule has 0 unspecified atom stereocenters. The average molecular weight is 1860 g/mol. The lowest BCUT2D eigenvalue weighted by molar-refractivity contribution is 0.0366. The van der Waals surface area contributed by atoms with Crippen molar-refractivity contribution in [3.63, 3.8) is 0 Å². The van der Waals surface area contributed by atoms with Crippen molar-refractivity contribution in [2.24, 2.45) is 0 Å². The molecule has 1 amide bonds. The van der Waals surface area contributed by atoms with E-state index in [1.54, 1.807) is 154 Å². The molecule has 33 heteroatoms. The minimum Gasteiger partial charge on any atom is -0.348 e. The fourth-order valence-electron chi connectivity index (χ4n) is 16.4. The molecule has 15 aromatic heterocycles. The van der Waals surface area contributed by atoms with E-state index < -0.39 is 34.9 Å². The van der Waals surface area contributed by atoms with Gasteiger partial charge < -0.3 is 5.32 Å². The minimum absolute atomic E-state index is 0.0569. The summed E-state index contributed by atoms with van der Waals surface area (Å²) in [5, 5.41) is 3.64. The fourth-order valence-corrected chi connectivity index (χ4v) is 16.9. The minimum atomic E-state index is -1.25. The number of carbonyl (C=O) groups is 1. The van der Waals surface area contributed by atoms with Crippen LogP contribution in [0.1, 0.15) is 55.6 Å². The van der Waals surface area contributed by atoms with E-state index in [9.17, 15) is 39.9 Å². The first-order valence-corrected chi connectivity index (χ1v) is 43.2. The van der Waals surface area contributed by atoms with Gasteiger partial charge in [-0.05, 0) is 241 Å². The molecule has 0 radical (unpaired) electrons. The Morgan fingerprint density at radius 2 is 0.785 bits per heavy atom. The largest absolute Gasteiger partial charge is 0.348 e. The van der Waals surface area contributed by atoms with Crippen LogP contribution in [-0.2, 0) is 0 Å². The Bertz CT molecular complexity index is 7750. The first-order chi connectivity index (χ1) is 65.5. The van der Waals surface area contributed by atoms with Crippen molar-refractivity contribution >= 4 is 91.0 Å². The van der Waals surface area contributed by atoms with Crippen molar-refractivity contribution in [3.8, 4) is 112 Å². The number of imidazole rings is 1. The summed E-state index contributed by atoms with van der Waals surface area (Å²) in [5.41, 5.74) is 17.5. The molecular formula is C102H70Cl3F8N21O. The number of hydrogen-bond acceptors (Lipinski definition) is 20. The van der Waals surface area contributed by atoms with E-state index in [4.69, 9.17) is 34.8 Å². The van der Waals surface area contributed by atoms with Crippen molar-refractivity contribution < 1.29 is 39.9 Å². The van der Waals surface area contributed by atoms with Gasteiger partial charge in [0.1, 0.15) is 68.3 Å². The van der Waals surface area contributed by atoms with Crippen LogP contribution in [0.3, 0.4) is 0 Å². The summed E-state index contributed by atoms with van der Waals surface area (Å²) in [6.45, 7) is 7.49. The predicted octanol–water partition coefficient (Wildman–Crippen LogP) is 23.6. The van der Waals surface area contributed by atoms with Gasteiger partial charge in [0.15, 0.2) is 34.2 Å². The van der Waals surface area contributed by atoms with Crippen LogP contribution >= 0.6 is 34.8 Å². The zero-order valence-electron chi connectivity index (χ0n) is 71.4. The number of piperidine rings is 1. The molecular weight excluding hydrogens is 1790 g/mol. The molecule has 22 nitrogen and oxygen atoms in total. The second-order valence-corrected chi connectivity index (χ2v) is 33.0. The number of fused-ring (bicyclic) bond motifs is 6. The number of aryl methyl sites for hydroxylation is 1. The highest BCUT2D eigenvalue weighted by molar-refractivity contribution is 6.31. The molecule has 2 atom stereocenters. The Hall–Kier alpha value is -15.8. The first kappa shape index (κ1) is 89.8. The Kier molecular flexibility index (Phi) is 26.2. The molecule has 135 heavy (non-hydrogen) atoms. The van der Waals surface area contributed by atoms with Gasteiger partial charge >= 0.3 is 0 Å². The lowest BCUT2D eigenvalue weighted by atomic mass is 9.84. The van der Waals surface area contributed by atoms with Crippen molar-refractivity contribution in [2.45, 2.75) is 64.1 Å². The third-order valence-corrected chi connectivity index (χ3v) is 23.5. The molecule has 20 aromatic rings. The van der Waals surface area contributed by atoms with Gasteiger partial charge in [-0.3, -0.25) is 59.0 Å². The van der Waals surface area contributed by atoms with E-state index in [0.717, 1.165) is 70.5 Å². The Balaban J connectivity index is 0.000000114. The van der Waals surface area contributed by atoms with E-state index in [-0.39, 0.29) is 56.0 Å². The van der Waals surface area contributed by atoms with E-state index in [1.165, 1.54) is 61.8 Å². The molecule has 0 aliphatic carbocycles. The van der Waals surface area contributed by atoms with E-state index in [1.807, 2.05) is 83.4 Å². The summed E-state index contributed by atoms with van der Waals surface area (Å²) in [6.07, 6.45) is 28.6. The number of carbonyl (C=O) groups excluding carboxylic acids is 1. The Morgan fingerprint density at radius 3 is 1.29 bits per heavy atom. The lowest BCUT2D eigenvalue weighted by Crippen LogP contribution is -2.57. The van der Waals surface area contributed by atoms with Gasteiger partial charge in [-0.2, -0.15) is 0 Å². The molecule has 0 spiro atoms. The number of amides is 1. The molecule has 22 rings (SSSR count). The molecule has 2 aliphatic rings. The van der Waals surface area contributed by atoms with Crippen molar-refractivity contribution in [1.82, 2.24) is 104 Å². The molecule has 2 aliphatic heterocycles. The van der Waals surface area contributed by atoms with E-state index in [2.05, 4.69) is 114 Å². The summed E-state index contributed by atoms with van der Waals surface area (Å²) in [6, 6.07) is 54.2. The SMILES string of the molecule is Cc1cc(-c2ncccc2-c2ccc3ncc(C(=O)N[C@@H]4C[C@@H]5CCCN5C(C)(C)C4)n3c2)ccc1F.Fc1cc(F)c(-c2ncccc2-c2ccc3nccnc3n2)cc1Cl.Fc1cc(F)c(-c2ncccc2-c2ccc3nccnc3n2)cc1F.Fc1ccc(-c2ncccc2-c2ccc3nccnc3n2)cc1Cl.Fc1ccc(Cl)cc1-c1ncccc1-c1ccc2nccnc2n1. The van der Waals surface area contributed by atoms with E-state index >= 15 is 0 Å². The molecule has 0 saturated carbocycles. The van der Waals surface area contributed by atoms with Gasteiger partial charge in [0, 0.05) is 183 Å². The summed E-state index contributed by atoms with van der Waals surface area (Å²) in [5.74, 6) is -6.06. The number of pyridine rings is 10. The van der Waals surface area contributed by atoms with Gasteiger partial charge in [0.25, 0.3) is 5.91 Å². The lowest BCUT2D eigenvalue weighted by Gasteiger charge is -2.47. The molecule has 1 N–H and O–H groups in total. The van der Waals surface area contributed by atoms with Gasteiger partial charge in [0.2, 0.25) is 0 Å². The molecule has 17 heterocycles. The quantitative estimate of drug-likeness (QED) is 0.0879. The Labute approximate surface area is 779 Å². The maximum atomic E-state index is 14.3. The number of halogens is 11. The summed E-state index contributed by atoms with van der Waals surface area (Å²) >= 11 is 17.7. The highest BCUT2D eigenvalue weighted by atomic mass is 35.5. The topological polar surface area (TPSA) is 269 Å². The second-order valence-electron chi connectivity index (χ2n) is 31.8.